The molecule has 23 heavy (non-hydrogen) atoms. The lowest BCUT2D eigenvalue weighted by molar-refractivity contribution is 0.534. The molecule has 0 saturated heterocycles. The summed E-state index contributed by atoms with van der Waals surface area (Å²) in [6, 6.07) is 18.9. The van der Waals surface area contributed by atoms with Crippen LogP contribution in [0.3, 0.4) is 0 Å². The minimum Gasteiger partial charge on any atom is -0.370 e. The van der Waals surface area contributed by atoms with Crippen LogP contribution in [0, 0.1) is 5.92 Å². The Morgan fingerprint density at radius 1 is 0.957 bits per heavy atom. The van der Waals surface area contributed by atoms with Gasteiger partial charge in [-0.15, -0.1) is 0 Å². The number of nitrogens with zero attached hydrogens (tertiary/aromatic N) is 1. The van der Waals surface area contributed by atoms with Crippen molar-refractivity contribution in [1.82, 2.24) is 5.32 Å². The second kappa shape index (κ2) is 7.82. The van der Waals surface area contributed by atoms with E-state index in [2.05, 4.69) is 58.8 Å². The van der Waals surface area contributed by atoms with Crippen LogP contribution < -0.4 is 11.1 Å². The molecule has 1 saturated carbocycles. The van der Waals surface area contributed by atoms with Crippen molar-refractivity contribution in [2.75, 3.05) is 6.54 Å². The van der Waals surface area contributed by atoms with Crippen molar-refractivity contribution < 1.29 is 0 Å². The zero-order chi connectivity index (χ0) is 15.9. The van der Waals surface area contributed by atoms with E-state index >= 15 is 0 Å². The topological polar surface area (TPSA) is 50.4 Å². The molecule has 2 aromatic rings. The minimum absolute atomic E-state index is 0.559. The van der Waals surface area contributed by atoms with Gasteiger partial charge in [-0.2, -0.15) is 0 Å². The molecule has 3 rings (SSSR count). The molecule has 120 valence electrons. The molecule has 0 radical (unpaired) electrons. The van der Waals surface area contributed by atoms with E-state index in [1.165, 1.54) is 42.4 Å². The van der Waals surface area contributed by atoms with Gasteiger partial charge in [0.1, 0.15) is 0 Å². The third-order valence-electron chi connectivity index (χ3n) is 4.54. The second-order valence-electron chi connectivity index (χ2n) is 6.30. The van der Waals surface area contributed by atoms with Gasteiger partial charge in [-0.3, -0.25) is 0 Å². The van der Waals surface area contributed by atoms with Crippen LogP contribution in [0.1, 0.15) is 31.2 Å². The average Bonchev–Trinajstić information content (AvgIpc) is 3.13. The first kappa shape index (κ1) is 15.6. The Bertz CT molecular complexity index is 626. The zero-order valence-corrected chi connectivity index (χ0v) is 13.5. The van der Waals surface area contributed by atoms with Gasteiger partial charge in [0.15, 0.2) is 5.96 Å². The molecule has 3 nitrogen and oxygen atoms in total. The highest BCUT2D eigenvalue weighted by Gasteiger charge is 2.14. The van der Waals surface area contributed by atoms with Gasteiger partial charge >= 0.3 is 0 Å². The minimum atomic E-state index is 0.559. The summed E-state index contributed by atoms with van der Waals surface area (Å²) in [4.78, 5) is 4.44. The molecule has 0 spiro atoms. The third kappa shape index (κ3) is 4.59. The maximum Gasteiger partial charge on any atom is 0.188 e. The highest BCUT2D eigenvalue weighted by Crippen LogP contribution is 2.23. The van der Waals surface area contributed by atoms with Gasteiger partial charge < -0.3 is 11.1 Å². The van der Waals surface area contributed by atoms with E-state index in [0.717, 1.165) is 12.5 Å². The normalized spacial score (nSPS) is 15.7. The fourth-order valence-corrected chi connectivity index (χ4v) is 3.13. The molecule has 0 amide bonds. The van der Waals surface area contributed by atoms with Crippen LogP contribution in [0.15, 0.2) is 59.6 Å². The molecule has 3 N–H and O–H groups in total. The van der Waals surface area contributed by atoms with E-state index in [0.29, 0.717) is 12.5 Å². The van der Waals surface area contributed by atoms with Gasteiger partial charge in [0, 0.05) is 6.54 Å². The number of nitrogens with one attached hydrogen (secondary N) is 1. The first-order chi connectivity index (χ1) is 11.3. The third-order valence-corrected chi connectivity index (χ3v) is 4.54. The Balaban J connectivity index is 1.52. The predicted octanol–water partition coefficient (Wildman–Crippen LogP) is 3.95. The largest absolute Gasteiger partial charge is 0.370 e. The quantitative estimate of drug-likeness (QED) is 0.649. The molecule has 0 heterocycles. The van der Waals surface area contributed by atoms with Crippen molar-refractivity contribution in [3.05, 3.63) is 60.2 Å². The Kier molecular flexibility index (Phi) is 5.30. The van der Waals surface area contributed by atoms with Gasteiger partial charge in [0.25, 0.3) is 0 Å². The summed E-state index contributed by atoms with van der Waals surface area (Å²) in [5.41, 5.74) is 9.60. The van der Waals surface area contributed by atoms with E-state index in [9.17, 15) is 0 Å². The van der Waals surface area contributed by atoms with Crippen molar-refractivity contribution in [3.63, 3.8) is 0 Å². The molecule has 0 aromatic heterocycles. The van der Waals surface area contributed by atoms with Gasteiger partial charge in [0.2, 0.25) is 0 Å². The Hall–Kier alpha value is -2.29. The molecule has 1 aliphatic rings. The van der Waals surface area contributed by atoms with Crippen LogP contribution in [-0.4, -0.2) is 12.5 Å². The number of rotatable bonds is 5. The Morgan fingerprint density at radius 3 is 2.30 bits per heavy atom. The summed E-state index contributed by atoms with van der Waals surface area (Å²) in [6.45, 7) is 1.58. The first-order valence-corrected chi connectivity index (χ1v) is 8.49. The summed E-state index contributed by atoms with van der Waals surface area (Å²) in [5, 5.41) is 3.26. The fourth-order valence-electron chi connectivity index (χ4n) is 3.13. The molecule has 0 bridgehead atoms. The lowest BCUT2D eigenvalue weighted by Crippen LogP contribution is -2.34. The van der Waals surface area contributed by atoms with Crippen LogP contribution in [0.5, 0.6) is 0 Å². The van der Waals surface area contributed by atoms with Gasteiger partial charge in [0.05, 0.1) is 6.54 Å². The summed E-state index contributed by atoms with van der Waals surface area (Å²) in [6.07, 6.45) is 5.36. The number of hydrogen-bond donors (Lipinski definition) is 2. The van der Waals surface area contributed by atoms with Gasteiger partial charge in [-0.1, -0.05) is 67.4 Å². The lowest BCUT2D eigenvalue weighted by atomic mass is 10.0. The molecule has 0 aliphatic heterocycles. The molecule has 0 unspecified atom stereocenters. The van der Waals surface area contributed by atoms with Crippen molar-refractivity contribution in [3.8, 4) is 11.1 Å². The van der Waals surface area contributed by atoms with Gasteiger partial charge in [-0.05, 0) is 35.4 Å². The van der Waals surface area contributed by atoms with Crippen LogP contribution in [0.4, 0.5) is 0 Å². The number of benzene rings is 2. The van der Waals surface area contributed by atoms with Crippen molar-refractivity contribution in [2.24, 2.45) is 16.6 Å². The Morgan fingerprint density at radius 2 is 1.61 bits per heavy atom. The molecular weight excluding hydrogens is 282 g/mol. The van der Waals surface area contributed by atoms with Crippen molar-refractivity contribution >= 4 is 5.96 Å². The Labute approximate surface area is 138 Å². The van der Waals surface area contributed by atoms with E-state index in [4.69, 9.17) is 5.73 Å². The fraction of sp³-hybridized carbons (Fsp3) is 0.350. The molecular formula is C20H25N3. The second-order valence-corrected chi connectivity index (χ2v) is 6.30. The summed E-state index contributed by atoms with van der Waals surface area (Å²) in [5.74, 6) is 1.33. The van der Waals surface area contributed by atoms with Crippen LogP contribution >= 0.6 is 0 Å². The zero-order valence-electron chi connectivity index (χ0n) is 13.5. The van der Waals surface area contributed by atoms with Crippen LogP contribution in [-0.2, 0) is 6.54 Å². The highest BCUT2D eigenvalue weighted by atomic mass is 15.1. The van der Waals surface area contributed by atoms with Crippen LogP contribution in [0.2, 0.25) is 0 Å². The number of aliphatic imine (C=N–C) groups is 1. The van der Waals surface area contributed by atoms with E-state index in [1.807, 2.05) is 6.07 Å². The average molecular weight is 307 g/mol. The highest BCUT2D eigenvalue weighted by molar-refractivity contribution is 5.77. The standard InChI is InChI=1S/C20H25N3/c21-20(22-14-16-6-4-5-7-16)23-15-17-10-12-19(13-11-17)18-8-2-1-3-9-18/h1-3,8-13,16H,4-7,14-15H2,(H3,21,22,23). The molecule has 1 aliphatic carbocycles. The van der Waals surface area contributed by atoms with Crippen molar-refractivity contribution in [2.45, 2.75) is 32.2 Å². The molecule has 1 fully saturated rings. The number of nitrogens with two attached hydrogens (primary N) is 1. The van der Waals surface area contributed by atoms with Crippen LogP contribution in [0.25, 0.3) is 11.1 Å². The lowest BCUT2D eigenvalue weighted by Gasteiger charge is -2.11. The van der Waals surface area contributed by atoms with E-state index in [-0.39, 0.29) is 0 Å². The SMILES string of the molecule is NC(=NCc1ccc(-c2ccccc2)cc1)NCC1CCCC1. The summed E-state index contributed by atoms with van der Waals surface area (Å²) in [7, 11) is 0. The van der Waals surface area contributed by atoms with Gasteiger partial charge in [-0.25, -0.2) is 4.99 Å². The molecule has 0 atom stereocenters. The monoisotopic (exact) mass is 307 g/mol. The maximum absolute atomic E-state index is 5.96. The smallest absolute Gasteiger partial charge is 0.188 e. The predicted molar refractivity (Wildman–Crippen MR) is 97.2 cm³/mol. The molecule has 2 aromatic carbocycles. The summed E-state index contributed by atoms with van der Waals surface area (Å²) < 4.78 is 0. The number of guanidine groups is 1. The first-order valence-electron chi connectivity index (χ1n) is 8.49. The summed E-state index contributed by atoms with van der Waals surface area (Å²) >= 11 is 0. The maximum atomic E-state index is 5.96. The molecule has 3 heteroatoms. The van der Waals surface area contributed by atoms with E-state index < -0.39 is 0 Å². The van der Waals surface area contributed by atoms with E-state index in [1.54, 1.807) is 0 Å². The van der Waals surface area contributed by atoms with Crippen molar-refractivity contribution in [1.29, 1.82) is 0 Å². The number of hydrogen-bond acceptors (Lipinski definition) is 1.